The van der Waals surface area contributed by atoms with Crippen LogP contribution in [-0.2, 0) is 17.6 Å². The third-order valence-corrected chi connectivity index (χ3v) is 5.11. The monoisotopic (exact) mass is 361 g/mol. The van der Waals surface area contributed by atoms with Gasteiger partial charge in [0.2, 0.25) is 0 Å². The van der Waals surface area contributed by atoms with E-state index in [-0.39, 0.29) is 4.75 Å². The van der Waals surface area contributed by atoms with Crippen LogP contribution in [0.15, 0.2) is 12.1 Å². The fraction of sp³-hybridized carbons (Fsp3) is 0.650. The van der Waals surface area contributed by atoms with E-state index in [1.54, 1.807) is 11.9 Å². The van der Waals surface area contributed by atoms with E-state index in [9.17, 15) is 5.26 Å². The third kappa shape index (κ3) is 6.22. The molecule has 1 N–H and O–H groups in total. The Balaban J connectivity index is 1.97. The van der Waals surface area contributed by atoms with Crippen LogP contribution in [0.5, 0.6) is 0 Å². The Labute approximate surface area is 157 Å². The molecule has 0 saturated carbocycles. The highest BCUT2D eigenvalue weighted by Crippen LogP contribution is 2.33. The maximum atomic E-state index is 9.61. The smallest absolute Gasteiger partial charge is 0.101 e. The summed E-state index contributed by atoms with van der Waals surface area (Å²) >= 11 is 1.77. The molecule has 0 amide bonds. The summed E-state index contributed by atoms with van der Waals surface area (Å²) < 4.78 is 9.09. The summed E-state index contributed by atoms with van der Waals surface area (Å²) in [5.41, 5.74) is 4.56. The second-order valence-electron chi connectivity index (χ2n) is 7.41. The number of hydrogen-bond donors (Lipinski definition) is 1. The van der Waals surface area contributed by atoms with E-state index in [2.05, 4.69) is 48.6 Å². The second-order valence-corrected chi connectivity index (χ2v) is 9.13. The minimum Gasteiger partial charge on any atom is -0.382 e. The Morgan fingerprint density at radius 2 is 2.16 bits per heavy atom. The zero-order valence-corrected chi connectivity index (χ0v) is 16.8. The molecule has 1 aromatic carbocycles. The average molecular weight is 362 g/mol. The highest BCUT2D eigenvalue weighted by Gasteiger charge is 2.23. The summed E-state index contributed by atoms with van der Waals surface area (Å²) in [4.78, 5) is 2.35. The van der Waals surface area contributed by atoms with Gasteiger partial charge in [-0.25, -0.2) is 0 Å². The van der Waals surface area contributed by atoms with Crippen molar-refractivity contribution in [3.63, 3.8) is 0 Å². The van der Waals surface area contributed by atoms with Crippen LogP contribution >= 0.6 is 11.9 Å². The molecule has 1 aliphatic heterocycles. The molecule has 0 fully saturated rings. The van der Waals surface area contributed by atoms with E-state index < -0.39 is 0 Å². The van der Waals surface area contributed by atoms with E-state index in [1.807, 2.05) is 6.92 Å². The minimum absolute atomic E-state index is 0.220. The predicted molar refractivity (Wildman–Crippen MR) is 107 cm³/mol. The standard InChI is InChI=1S/C20H31N3OS/c1-5-24-12-6-10-23-11-8-17-13-16(14-18(15-21)19(17)23)7-9-22-25-20(2,3)4/h13-14,22H,5-12H2,1-4H3. The van der Waals surface area contributed by atoms with E-state index in [4.69, 9.17) is 4.74 Å². The first kappa shape index (κ1) is 20.1. The third-order valence-electron chi connectivity index (χ3n) is 4.15. The number of rotatable bonds is 9. The number of hydrogen-bond acceptors (Lipinski definition) is 5. The number of anilines is 1. The fourth-order valence-corrected chi connectivity index (χ4v) is 3.75. The van der Waals surface area contributed by atoms with E-state index in [1.165, 1.54) is 11.1 Å². The van der Waals surface area contributed by atoms with Crippen molar-refractivity contribution in [3.05, 3.63) is 28.8 Å². The maximum Gasteiger partial charge on any atom is 0.101 e. The van der Waals surface area contributed by atoms with Gasteiger partial charge in [-0.1, -0.05) is 18.0 Å². The lowest BCUT2D eigenvalue weighted by molar-refractivity contribution is 0.146. The molecule has 0 aliphatic carbocycles. The fourth-order valence-electron chi connectivity index (χ4n) is 3.11. The lowest BCUT2D eigenvalue weighted by Crippen LogP contribution is -2.23. The number of nitriles is 1. The van der Waals surface area contributed by atoms with Gasteiger partial charge in [-0.15, -0.1) is 0 Å². The van der Waals surface area contributed by atoms with Gasteiger partial charge in [0.05, 0.1) is 11.3 Å². The summed E-state index contributed by atoms with van der Waals surface area (Å²) in [7, 11) is 0. The molecule has 0 unspecified atom stereocenters. The van der Waals surface area contributed by atoms with Crippen LogP contribution in [0.4, 0.5) is 5.69 Å². The number of benzene rings is 1. The van der Waals surface area contributed by atoms with Gasteiger partial charge in [0.25, 0.3) is 0 Å². The largest absolute Gasteiger partial charge is 0.382 e. The summed E-state index contributed by atoms with van der Waals surface area (Å²) in [6.07, 6.45) is 3.00. The Morgan fingerprint density at radius 1 is 1.36 bits per heavy atom. The molecular formula is C20H31N3OS. The first-order chi connectivity index (χ1) is 11.9. The van der Waals surface area contributed by atoms with Crippen LogP contribution in [0.3, 0.4) is 0 Å². The van der Waals surface area contributed by atoms with Crippen LogP contribution in [-0.4, -0.2) is 37.6 Å². The molecular weight excluding hydrogens is 330 g/mol. The van der Waals surface area contributed by atoms with Gasteiger partial charge < -0.3 is 9.64 Å². The van der Waals surface area contributed by atoms with Gasteiger partial charge >= 0.3 is 0 Å². The predicted octanol–water partition coefficient (Wildman–Crippen LogP) is 3.93. The second kappa shape index (κ2) is 9.47. The molecule has 1 aromatic rings. The van der Waals surface area contributed by atoms with Crippen molar-refractivity contribution in [3.8, 4) is 6.07 Å². The highest BCUT2D eigenvalue weighted by molar-refractivity contribution is 7.98. The molecule has 0 aromatic heterocycles. The van der Waals surface area contributed by atoms with Crippen LogP contribution in [0, 0.1) is 11.3 Å². The van der Waals surface area contributed by atoms with Gasteiger partial charge in [-0.05, 0) is 64.2 Å². The lowest BCUT2D eigenvalue weighted by atomic mass is 10.0. The number of fused-ring (bicyclic) bond motifs is 1. The average Bonchev–Trinajstić information content (AvgIpc) is 2.97. The molecule has 138 valence electrons. The van der Waals surface area contributed by atoms with Crippen LogP contribution < -0.4 is 9.62 Å². The number of ether oxygens (including phenoxy) is 1. The molecule has 0 bridgehead atoms. The number of nitrogens with zero attached hydrogens (tertiary/aromatic N) is 2. The van der Waals surface area contributed by atoms with Crippen molar-refractivity contribution < 1.29 is 4.74 Å². The molecule has 1 aliphatic rings. The Morgan fingerprint density at radius 3 is 2.84 bits per heavy atom. The molecule has 0 saturated heterocycles. The van der Waals surface area contributed by atoms with Gasteiger partial charge in [0.1, 0.15) is 6.07 Å². The molecule has 5 heteroatoms. The first-order valence-corrected chi connectivity index (χ1v) is 10.1. The van der Waals surface area contributed by atoms with E-state index in [0.717, 1.165) is 63.4 Å². The summed E-state index contributed by atoms with van der Waals surface area (Å²) in [6, 6.07) is 6.78. The van der Waals surface area contributed by atoms with Gasteiger partial charge in [-0.2, -0.15) is 5.26 Å². The van der Waals surface area contributed by atoms with E-state index in [0.29, 0.717) is 0 Å². The summed E-state index contributed by atoms with van der Waals surface area (Å²) in [5, 5.41) is 9.61. The Kier molecular flexibility index (Phi) is 7.61. The molecule has 2 rings (SSSR count). The molecule has 4 nitrogen and oxygen atoms in total. The normalized spacial score (nSPS) is 13.8. The Bertz CT molecular complexity index is 604. The van der Waals surface area contributed by atoms with Crippen molar-refractivity contribution in [2.45, 2.75) is 51.7 Å². The van der Waals surface area contributed by atoms with Gasteiger partial charge in [-0.3, -0.25) is 4.72 Å². The minimum atomic E-state index is 0.220. The van der Waals surface area contributed by atoms with Crippen molar-refractivity contribution in [1.29, 1.82) is 5.26 Å². The molecule has 25 heavy (non-hydrogen) atoms. The highest BCUT2D eigenvalue weighted by atomic mass is 32.2. The van der Waals surface area contributed by atoms with Gasteiger partial charge in [0.15, 0.2) is 0 Å². The lowest BCUT2D eigenvalue weighted by Gasteiger charge is -2.21. The van der Waals surface area contributed by atoms with Crippen molar-refractivity contribution in [2.75, 3.05) is 37.7 Å². The SMILES string of the molecule is CCOCCCN1CCc2cc(CCNSC(C)(C)C)cc(C#N)c21. The molecule has 0 spiro atoms. The first-order valence-electron chi connectivity index (χ1n) is 9.24. The zero-order valence-electron chi connectivity index (χ0n) is 16.0. The van der Waals surface area contributed by atoms with Crippen LogP contribution in [0.25, 0.3) is 0 Å². The Hall–Kier alpha value is -1.22. The summed E-state index contributed by atoms with van der Waals surface area (Å²) in [5.74, 6) is 0. The zero-order chi connectivity index (χ0) is 18.3. The van der Waals surface area contributed by atoms with Crippen molar-refractivity contribution in [2.24, 2.45) is 0 Å². The van der Waals surface area contributed by atoms with Gasteiger partial charge in [0, 0.05) is 37.6 Å². The number of nitrogens with one attached hydrogen (secondary N) is 1. The molecule has 0 radical (unpaired) electrons. The summed E-state index contributed by atoms with van der Waals surface area (Å²) in [6.45, 7) is 13.1. The van der Waals surface area contributed by atoms with Crippen molar-refractivity contribution in [1.82, 2.24) is 4.72 Å². The molecule has 1 heterocycles. The van der Waals surface area contributed by atoms with Crippen LogP contribution in [0.1, 0.15) is 50.8 Å². The molecule has 0 atom stereocenters. The maximum absolute atomic E-state index is 9.61. The topological polar surface area (TPSA) is 48.3 Å². The quantitative estimate of drug-likeness (QED) is 0.533. The van der Waals surface area contributed by atoms with E-state index >= 15 is 0 Å². The van der Waals surface area contributed by atoms with Crippen LogP contribution in [0.2, 0.25) is 0 Å². The van der Waals surface area contributed by atoms with Crippen molar-refractivity contribution >= 4 is 17.6 Å².